The molecule has 0 aromatic carbocycles. The monoisotopic (exact) mass is 337 g/mol. The zero-order chi connectivity index (χ0) is 17.2. The van der Waals surface area contributed by atoms with Gasteiger partial charge in [0.1, 0.15) is 5.82 Å². The second-order valence-corrected chi connectivity index (χ2v) is 6.82. The Bertz CT molecular complexity index is 798. The van der Waals surface area contributed by atoms with Gasteiger partial charge in [0.2, 0.25) is 0 Å². The molecule has 6 nitrogen and oxygen atoms in total. The summed E-state index contributed by atoms with van der Waals surface area (Å²) in [5.41, 5.74) is 5.06. The predicted octanol–water partition coefficient (Wildman–Crippen LogP) is 2.72. The lowest BCUT2D eigenvalue weighted by Crippen LogP contribution is -2.30. The molecule has 2 aliphatic rings. The smallest absolute Gasteiger partial charge is 0.147 e. The molecule has 2 aliphatic heterocycles. The number of hydrogen-bond donors (Lipinski definition) is 0. The number of anilines is 1. The Balaban J connectivity index is 1.55. The Morgan fingerprint density at radius 3 is 2.88 bits per heavy atom. The summed E-state index contributed by atoms with van der Waals surface area (Å²) in [5.74, 6) is 1.56. The first-order valence-electron chi connectivity index (χ1n) is 8.82. The second kappa shape index (κ2) is 6.88. The van der Waals surface area contributed by atoms with E-state index < -0.39 is 0 Å². The fourth-order valence-electron chi connectivity index (χ4n) is 3.44. The van der Waals surface area contributed by atoms with E-state index in [9.17, 15) is 0 Å². The largest absolute Gasteiger partial charge is 0.381 e. The van der Waals surface area contributed by atoms with Crippen molar-refractivity contribution in [1.82, 2.24) is 15.0 Å². The molecule has 4 rings (SSSR count). The molecule has 4 heterocycles. The van der Waals surface area contributed by atoms with E-state index in [1.807, 2.05) is 19.3 Å². The lowest BCUT2D eigenvalue weighted by molar-refractivity contribution is 0.0685. The van der Waals surface area contributed by atoms with Crippen LogP contribution in [0.25, 0.3) is 11.3 Å². The van der Waals surface area contributed by atoms with Gasteiger partial charge in [0.05, 0.1) is 30.3 Å². The minimum absolute atomic E-state index is 0.657. The lowest BCUT2D eigenvalue weighted by Gasteiger charge is -2.27. The third-order valence-corrected chi connectivity index (χ3v) is 5.01. The van der Waals surface area contributed by atoms with E-state index in [0.29, 0.717) is 12.5 Å². The van der Waals surface area contributed by atoms with E-state index >= 15 is 0 Å². The standard InChI is InChI=1S/C19H23N5O/c1-13-16-7-15(8-22-18(16)10-21-13)17-9-20-11-19(23-17)24(2)12-14-3-5-25-6-4-14/h7-9,11,14H,3-6,10,12H2,1-2H3. The summed E-state index contributed by atoms with van der Waals surface area (Å²) in [5, 5.41) is 0. The number of pyridine rings is 1. The highest BCUT2D eigenvalue weighted by Crippen LogP contribution is 2.25. The van der Waals surface area contributed by atoms with E-state index in [0.717, 1.165) is 66.6 Å². The van der Waals surface area contributed by atoms with Crippen LogP contribution in [0.2, 0.25) is 0 Å². The lowest BCUT2D eigenvalue weighted by atomic mass is 10.00. The number of aliphatic imine (C=N–C) groups is 1. The average molecular weight is 337 g/mol. The molecule has 0 saturated carbocycles. The van der Waals surface area contributed by atoms with Gasteiger partial charge in [-0.05, 0) is 31.7 Å². The summed E-state index contributed by atoms with van der Waals surface area (Å²) >= 11 is 0. The van der Waals surface area contributed by atoms with Crippen LogP contribution in [0, 0.1) is 5.92 Å². The number of nitrogens with zero attached hydrogens (tertiary/aromatic N) is 5. The maximum atomic E-state index is 5.45. The van der Waals surface area contributed by atoms with Gasteiger partial charge < -0.3 is 9.64 Å². The quantitative estimate of drug-likeness (QED) is 0.858. The van der Waals surface area contributed by atoms with Crippen molar-refractivity contribution in [2.45, 2.75) is 26.3 Å². The molecular formula is C19H23N5O. The van der Waals surface area contributed by atoms with Gasteiger partial charge in [0, 0.05) is 49.8 Å². The van der Waals surface area contributed by atoms with Crippen molar-refractivity contribution in [3.8, 4) is 11.3 Å². The Labute approximate surface area is 148 Å². The van der Waals surface area contributed by atoms with Gasteiger partial charge in [0.25, 0.3) is 0 Å². The Morgan fingerprint density at radius 2 is 2.04 bits per heavy atom. The van der Waals surface area contributed by atoms with Gasteiger partial charge in [-0.15, -0.1) is 0 Å². The van der Waals surface area contributed by atoms with Crippen LogP contribution in [0.3, 0.4) is 0 Å². The van der Waals surface area contributed by atoms with Crippen LogP contribution >= 0.6 is 0 Å². The maximum Gasteiger partial charge on any atom is 0.147 e. The highest BCUT2D eigenvalue weighted by molar-refractivity contribution is 6.02. The van der Waals surface area contributed by atoms with Crippen molar-refractivity contribution < 1.29 is 4.74 Å². The number of fused-ring (bicyclic) bond motifs is 1. The van der Waals surface area contributed by atoms with Crippen molar-refractivity contribution in [2.75, 3.05) is 31.7 Å². The molecule has 0 atom stereocenters. The van der Waals surface area contributed by atoms with Gasteiger partial charge in [-0.3, -0.25) is 15.0 Å². The fourth-order valence-corrected chi connectivity index (χ4v) is 3.44. The van der Waals surface area contributed by atoms with Crippen LogP contribution in [-0.2, 0) is 11.3 Å². The first kappa shape index (κ1) is 16.1. The molecule has 0 bridgehead atoms. The Hall–Kier alpha value is -2.34. The summed E-state index contributed by atoms with van der Waals surface area (Å²) < 4.78 is 5.45. The number of aromatic nitrogens is 3. The zero-order valence-corrected chi connectivity index (χ0v) is 14.8. The summed E-state index contributed by atoms with van der Waals surface area (Å²) in [7, 11) is 2.08. The van der Waals surface area contributed by atoms with E-state index in [1.54, 1.807) is 6.20 Å². The SMILES string of the molecule is CC1=NCc2ncc(-c3cncc(N(C)CC4CCOCC4)n3)cc21. The van der Waals surface area contributed by atoms with E-state index in [-0.39, 0.29) is 0 Å². The van der Waals surface area contributed by atoms with Crippen molar-refractivity contribution in [1.29, 1.82) is 0 Å². The average Bonchev–Trinajstić information content (AvgIpc) is 3.03. The molecular weight excluding hydrogens is 314 g/mol. The van der Waals surface area contributed by atoms with Gasteiger partial charge in [-0.2, -0.15) is 0 Å². The Morgan fingerprint density at radius 1 is 1.20 bits per heavy atom. The number of rotatable bonds is 4. The molecule has 25 heavy (non-hydrogen) atoms. The molecule has 0 N–H and O–H groups in total. The van der Waals surface area contributed by atoms with Gasteiger partial charge in [-0.25, -0.2) is 4.98 Å². The summed E-state index contributed by atoms with van der Waals surface area (Å²) in [6.07, 6.45) is 7.74. The molecule has 2 aromatic heterocycles. The van der Waals surface area contributed by atoms with Gasteiger partial charge in [0.15, 0.2) is 0 Å². The van der Waals surface area contributed by atoms with Crippen LogP contribution < -0.4 is 4.90 Å². The minimum Gasteiger partial charge on any atom is -0.381 e. The maximum absolute atomic E-state index is 5.45. The minimum atomic E-state index is 0.657. The van der Waals surface area contributed by atoms with Crippen LogP contribution in [0.15, 0.2) is 29.6 Å². The molecule has 1 saturated heterocycles. The predicted molar refractivity (Wildman–Crippen MR) is 98.0 cm³/mol. The first-order valence-corrected chi connectivity index (χ1v) is 8.82. The van der Waals surface area contributed by atoms with Crippen molar-refractivity contribution >= 4 is 11.5 Å². The summed E-state index contributed by atoms with van der Waals surface area (Å²) in [6, 6.07) is 2.13. The van der Waals surface area contributed by atoms with E-state index in [2.05, 4.69) is 33.0 Å². The molecule has 1 fully saturated rings. The second-order valence-electron chi connectivity index (χ2n) is 6.82. The first-order chi connectivity index (χ1) is 12.2. The molecule has 0 spiro atoms. The molecule has 2 aromatic rings. The van der Waals surface area contributed by atoms with Crippen LogP contribution in [0.5, 0.6) is 0 Å². The molecule has 130 valence electrons. The van der Waals surface area contributed by atoms with Gasteiger partial charge in [-0.1, -0.05) is 0 Å². The van der Waals surface area contributed by atoms with Crippen molar-refractivity contribution in [3.05, 3.63) is 35.9 Å². The highest BCUT2D eigenvalue weighted by atomic mass is 16.5. The zero-order valence-electron chi connectivity index (χ0n) is 14.8. The topological polar surface area (TPSA) is 63.5 Å². The van der Waals surface area contributed by atoms with E-state index in [1.165, 1.54) is 0 Å². The van der Waals surface area contributed by atoms with Crippen molar-refractivity contribution in [2.24, 2.45) is 10.9 Å². The molecule has 0 radical (unpaired) electrons. The summed E-state index contributed by atoms with van der Waals surface area (Å²) in [6.45, 7) is 5.43. The van der Waals surface area contributed by atoms with Crippen LogP contribution in [0.1, 0.15) is 31.0 Å². The van der Waals surface area contributed by atoms with Gasteiger partial charge >= 0.3 is 0 Å². The highest BCUT2D eigenvalue weighted by Gasteiger charge is 2.18. The van der Waals surface area contributed by atoms with Crippen LogP contribution in [-0.4, -0.2) is 47.5 Å². The molecule has 0 amide bonds. The number of hydrogen-bond acceptors (Lipinski definition) is 6. The molecule has 0 unspecified atom stereocenters. The summed E-state index contributed by atoms with van der Waals surface area (Å²) in [4.78, 5) is 20.4. The van der Waals surface area contributed by atoms with Crippen molar-refractivity contribution in [3.63, 3.8) is 0 Å². The van der Waals surface area contributed by atoms with E-state index in [4.69, 9.17) is 9.72 Å². The van der Waals surface area contributed by atoms with Crippen LogP contribution in [0.4, 0.5) is 5.82 Å². The molecule has 0 aliphatic carbocycles. The third kappa shape index (κ3) is 3.39. The molecule has 6 heteroatoms. The number of ether oxygens (including phenoxy) is 1. The Kier molecular flexibility index (Phi) is 4.44. The normalized spacial score (nSPS) is 17.3. The fraction of sp³-hybridized carbons (Fsp3) is 0.474. The third-order valence-electron chi connectivity index (χ3n) is 5.01.